The Morgan fingerprint density at radius 2 is 2.24 bits per heavy atom. The molecule has 0 amide bonds. The maximum Gasteiger partial charge on any atom is 0.303 e. The molecular weight excluding hydrogens is 284 g/mol. The van der Waals surface area contributed by atoms with Crippen molar-refractivity contribution in [1.29, 1.82) is 0 Å². The van der Waals surface area contributed by atoms with Crippen LogP contribution in [0.15, 0.2) is 22.7 Å². The molecule has 1 N–H and O–H groups in total. The van der Waals surface area contributed by atoms with Crippen molar-refractivity contribution in [3.05, 3.63) is 28.2 Å². The molecule has 0 spiro atoms. The lowest BCUT2D eigenvalue weighted by atomic mass is 10.1. The lowest BCUT2D eigenvalue weighted by Gasteiger charge is -2.11. The van der Waals surface area contributed by atoms with E-state index in [2.05, 4.69) is 15.9 Å². The van der Waals surface area contributed by atoms with Gasteiger partial charge in [-0.3, -0.25) is 4.79 Å². The van der Waals surface area contributed by atoms with Crippen LogP contribution in [-0.2, 0) is 11.2 Å². The fourth-order valence-corrected chi connectivity index (χ4v) is 2.06. The van der Waals surface area contributed by atoms with Gasteiger partial charge in [0.25, 0.3) is 0 Å². The molecule has 0 aliphatic heterocycles. The molecule has 0 unspecified atom stereocenters. The molecule has 0 heterocycles. The molecule has 1 fully saturated rings. The summed E-state index contributed by atoms with van der Waals surface area (Å²) in [5.74, 6) is 0.158. The molecule has 0 radical (unpaired) electrons. The number of rotatable bonds is 6. The summed E-state index contributed by atoms with van der Waals surface area (Å²) in [5.41, 5.74) is 1.09. The van der Waals surface area contributed by atoms with Crippen LogP contribution >= 0.6 is 15.9 Å². The summed E-state index contributed by atoms with van der Waals surface area (Å²) in [6, 6.07) is 5.93. The summed E-state index contributed by atoms with van der Waals surface area (Å²) in [6.45, 7) is 0. The van der Waals surface area contributed by atoms with Crippen LogP contribution in [0.4, 0.5) is 0 Å². The van der Waals surface area contributed by atoms with Crippen molar-refractivity contribution < 1.29 is 14.6 Å². The van der Waals surface area contributed by atoms with Gasteiger partial charge in [-0.1, -0.05) is 15.9 Å². The number of hydrogen-bond donors (Lipinski definition) is 1. The lowest BCUT2D eigenvalue weighted by Crippen LogP contribution is -2.01. The highest BCUT2D eigenvalue weighted by Gasteiger charge is 2.24. The zero-order chi connectivity index (χ0) is 12.3. The van der Waals surface area contributed by atoms with Gasteiger partial charge in [0.05, 0.1) is 6.10 Å². The number of carboxylic acid groups (broad SMARTS) is 1. The largest absolute Gasteiger partial charge is 0.490 e. The third-order valence-corrected chi connectivity index (χ3v) is 3.17. The van der Waals surface area contributed by atoms with Crippen LogP contribution in [0.5, 0.6) is 5.75 Å². The second-order valence-electron chi connectivity index (χ2n) is 4.32. The van der Waals surface area contributed by atoms with Crippen molar-refractivity contribution in [1.82, 2.24) is 0 Å². The highest BCUT2D eigenvalue weighted by Crippen LogP contribution is 2.31. The molecule has 1 saturated carbocycles. The minimum absolute atomic E-state index is 0.204. The SMILES string of the molecule is O=C(O)CCCc1cc(Br)ccc1OC1CC1. The van der Waals surface area contributed by atoms with Crippen LogP contribution in [0.1, 0.15) is 31.2 Å². The molecule has 1 aliphatic carbocycles. The smallest absolute Gasteiger partial charge is 0.303 e. The Morgan fingerprint density at radius 3 is 2.88 bits per heavy atom. The highest BCUT2D eigenvalue weighted by molar-refractivity contribution is 9.10. The van der Waals surface area contributed by atoms with E-state index in [4.69, 9.17) is 9.84 Å². The molecule has 0 bridgehead atoms. The average molecular weight is 299 g/mol. The van der Waals surface area contributed by atoms with Crippen molar-refractivity contribution in [2.24, 2.45) is 0 Å². The first kappa shape index (κ1) is 12.4. The van der Waals surface area contributed by atoms with Crippen molar-refractivity contribution >= 4 is 21.9 Å². The van der Waals surface area contributed by atoms with Gasteiger partial charge in [0, 0.05) is 10.9 Å². The lowest BCUT2D eigenvalue weighted by molar-refractivity contribution is -0.137. The van der Waals surface area contributed by atoms with Crippen LogP contribution in [-0.4, -0.2) is 17.2 Å². The molecule has 92 valence electrons. The van der Waals surface area contributed by atoms with E-state index in [9.17, 15) is 4.79 Å². The zero-order valence-corrected chi connectivity index (χ0v) is 11.1. The maximum atomic E-state index is 10.5. The second-order valence-corrected chi connectivity index (χ2v) is 5.23. The van der Waals surface area contributed by atoms with Crippen LogP contribution in [0.3, 0.4) is 0 Å². The van der Waals surface area contributed by atoms with E-state index in [-0.39, 0.29) is 6.42 Å². The second kappa shape index (κ2) is 5.54. The number of benzene rings is 1. The van der Waals surface area contributed by atoms with Gasteiger partial charge in [-0.2, -0.15) is 0 Å². The Labute approximate surface area is 109 Å². The van der Waals surface area contributed by atoms with E-state index in [1.807, 2.05) is 18.2 Å². The number of hydrogen-bond acceptors (Lipinski definition) is 2. The third-order valence-electron chi connectivity index (χ3n) is 2.68. The summed E-state index contributed by atoms with van der Waals surface area (Å²) in [7, 11) is 0. The average Bonchev–Trinajstić information content (AvgIpc) is 3.05. The first-order valence-corrected chi connectivity index (χ1v) is 6.61. The monoisotopic (exact) mass is 298 g/mol. The summed E-state index contributed by atoms with van der Waals surface area (Å²) in [4.78, 5) is 10.5. The van der Waals surface area contributed by atoms with Crippen LogP contribution in [0.2, 0.25) is 0 Å². The van der Waals surface area contributed by atoms with Crippen LogP contribution < -0.4 is 4.74 Å². The van der Waals surface area contributed by atoms with E-state index >= 15 is 0 Å². The van der Waals surface area contributed by atoms with Gasteiger partial charge in [0.15, 0.2) is 0 Å². The third kappa shape index (κ3) is 4.04. The molecule has 4 heteroatoms. The van der Waals surface area contributed by atoms with Gasteiger partial charge in [0.1, 0.15) is 5.75 Å². The van der Waals surface area contributed by atoms with E-state index in [0.29, 0.717) is 12.5 Å². The first-order valence-electron chi connectivity index (χ1n) is 5.82. The summed E-state index contributed by atoms with van der Waals surface area (Å²) in [5, 5.41) is 8.63. The quantitative estimate of drug-likeness (QED) is 0.875. The number of ether oxygens (including phenoxy) is 1. The predicted molar refractivity (Wildman–Crippen MR) is 68.4 cm³/mol. The van der Waals surface area contributed by atoms with Crippen molar-refractivity contribution in [3.63, 3.8) is 0 Å². The van der Waals surface area contributed by atoms with Crippen molar-refractivity contribution in [2.75, 3.05) is 0 Å². The Bertz CT molecular complexity index is 413. The summed E-state index contributed by atoms with van der Waals surface area (Å²) < 4.78 is 6.81. The number of aliphatic carboxylic acids is 1. The molecule has 1 aromatic carbocycles. The van der Waals surface area contributed by atoms with E-state index < -0.39 is 5.97 Å². The number of halogens is 1. The van der Waals surface area contributed by atoms with Gasteiger partial charge in [0.2, 0.25) is 0 Å². The number of carboxylic acids is 1. The van der Waals surface area contributed by atoms with Crippen molar-refractivity contribution in [3.8, 4) is 5.75 Å². The molecule has 0 saturated heterocycles. The Hall–Kier alpha value is -1.03. The molecule has 0 atom stereocenters. The molecule has 17 heavy (non-hydrogen) atoms. The fraction of sp³-hybridized carbons (Fsp3) is 0.462. The highest BCUT2D eigenvalue weighted by atomic mass is 79.9. The van der Waals surface area contributed by atoms with Crippen LogP contribution in [0, 0.1) is 0 Å². The predicted octanol–water partition coefficient (Wildman–Crippen LogP) is 3.40. The summed E-state index contributed by atoms with van der Waals surface area (Å²) in [6.07, 6.45) is 4.22. The normalized spacial score (nSPS) is 14.6. The number of aryl methyl sites for hydroxylation is 1. The Kier molecular flexibility index (Phi) is 4.05. The van der Waals surface area contributed by atoms with E-state index in [1.165, 1.54) is 0 Å². The maximum absolute atomic E-state index is 10.5. The molecule has 1 aromatic rings. The van der Waals surface area contributed by atoms with Gasteiger partial charge in [-0.25, -0.2) is 0 Å². The molecule has 0 aromatic heterocycles. The van der Waals surface area contributed by atoms with E-state index in [0.717, 1.165) is 35.0 Å². The minimum atomic E-state index is -0.746. The van der Waals surface area contributed by atoms with Crippen molar-refractivity contribution in [2.45, 2.75) is 38.2 Å². The topological polar surface area (TPSA) is 46.5 Å². The minimum Gasteiger partial charge on any atom is -0.490 e. The van der Waals surface area contributed by atoms with Crippen LogP contribution in [0.25, 0.3) is 0 Å². The number of carbonyl (C=O) groups is 1. The summed E-state index contributed by atoms with van der Waals surface area (Å²) >= 11 is 3.43. The first-order chi connectivity index (χ1) is 8.15. The molecule has 3 nitrogen and oxygen atoms in total. The van der Waals surface area contributed by atoms with Gasteiger partial charge < -0.3 is 9.84 Å². The molecule has 2 rings (SSSR count). The standard InChI is InChI=1S/C13H15BrO3/c14-10-4-7-12(17-11-5-6-11)9(8-10)2-1-3-13(15)16/h4,7-8,11H,1-3,5-6H2,(H,15,16). The fourth-order valence-electron chi connectivity index (χ4n) is 1.65. The molecule has 1 aliphatic rings. The molecular formula is C13H15BrO3. The van der Waals surface area contributed by atoms with Gasteiger partial charge >= 0.3 is 5.97 Å². The Balaban J connectivity index is 2.00. The van der Waals surface area contributed by atoms with Gasteiger partial charge in [-0.15, -0.1) is 0 Å². The van der Waals surface area contributed by atoms with E-state index in [1.54, 1.807) is 0 Å². The Morgan fingerprint density at radius 1 is 1.47 bits per heavy atom. The zero-order valence-electron chi connectivity index (χ0n) is 9.49. The van der Waals surface area contributed by atoms with Gasteiger partial charge in [-0.05, 0) is 49.4 Å².